The summed E-state index contributed by atoms with van der Waals surface area (Å²) in [6, 6.07) is 2.33. The maximum atomic E-state index is 6.04. The van der Waals surface area contributed by atoms with Gasteiger partial charge in [0.2, 0.25) is 0 Å². The Morgan fingerprint density at radius 1 is 1.12 bits per heavy atom. The molecule has 2 aliphatic heterocycles. The molecule has 1 saturated carbocycles. The molecule has 0 aromatic rings. The van der Waals surface area contributed by atoms with Crippen molar-refractivity contribution in [2.75, 3.05) is 26.7 Å². The zero-order valence-corrected chi connectivity index (χ0v) is 11.1. The van der Waals surface area contributed by atoms with Gasteiger partial charge in [0.05, 0.1) is 0 Å². The molecule has 3 aliphatic rings. The van der Waals surface area contributed by atoms with E-state index >= 15 is 0 Å². The number of nitrogens with zero attached hydrogens (tertiary/aromatic N) is 2. The molecule has 0 aromatic heterocycles. The summed E-state index contributed by atoms with van der Waals surface area (Å²) in [5, 5.41) is 0. The van der Waals surface area contributed by atoms with Gasteiger partial charge in [-0.3, -0.25) is 9.80 Å². The van der Waals surface area contributed by atoms with Crippen molar-refractivity contribution in [3.05, 3.63) is 0 Å². The van der Waals surface area contributed by atoms with E-state index in [2.05, 4.69) is 16.8 Å². The molecule has 1 aliphatic carbocycles. The van der Waals surface area contributed by atoms with Crippen molar-refractivity contribution in [2.45, 2.75) is 56.7 Å². The van der Waals surface area contributed by atoms with E-state index in [0.29, 0.717) is 6.04 Å². The maximum absolute atomic E-state index is 6.04. The van der Waals surface area contributed by atoms with Crippen LogP contribution in [0.3, 0.4) is 0 Å². The van der Waals surface area contributed by atoms with Crippen LogP contribution in [-0.2, 0) is 0 Å². The van der Waals surface area contributed by atoms with Gasteiger partial charge in [0, 0.05) is 37.8 Å². The van der Waals surface area contributed by atoms with Gasteiger partial charge in [-0.2, -0.15) is 0 Å². The predicted molar refractivity (Wildman–Crippen MR) is 70.9 cm³/mol. The van der Waals surface area contributed by atoms with Crippen molar-refractivity contribution in [2.24, 2.45) is 11.7 Å². The predicted octanol–water partition coefficient (Wildman–Crippen LogP) is 1.28. The molecule has 98 valence electrons. The second-order valence-electron chi connectivity index (χ2n) is 6.33. The molecule has 3 unspecified atom stereocenters. The fraction of sp³-hybridized carbons (Fsp3) is 1.00. The first-order chi connectivity index (χ1) is 8.29. The van der Waals surface area contributed by atoms with Gasteiger partial charge >= 0.3 is 0 Å². The molecular weight excluding hydrogens is 210 g/mol. The summed E-state index contributed by atoms with van der Waals surface area (Å²) in [4.78, 5) is 5.36. The Labute approximate surface area is 105 Å². The van der Waals surface area contributed by atoms with Crippen LogP contribution in [0.2, 0.25) is 0 Å². The maximum Gasteiger partial charge on any atom is 0.0247 e. The molecule has 3 atom stereocenters. The molecule has 0 spiro atoms. The van der Waals surface area contributed by atoms with Gasteiger partial charge in [0.25, 0.3) is 0 Å². The molecular formula is C14H27N3. The standard InChI is InChI=1S/C14H27N3/c1-16-12-5-6-13(16)10-17(8-7-12)14(9-15)11-3-2-4-11/h11-14H,2-10,15H2,1H3. The lowest BCUT2D eigenvalue weighted by Crippen LogP contribution is -2.50. The SMILES string of the molecule is CN1C2CCC1CN(C(CN)C1CCC1)CC2. The zero-order chi connectivity index (χ0) is 11.8. The molecule has 3 fully saturated rings. The minimum Gasteiger partial charge on any atom is -0.329 e. The molecule has 2 N–H and O–H groups in total. The molecule has 17 heavy (non-hydrogen) atoms. The molecule has 0 radical (unpaired) electrons. The number of rotatable bonds is 3. The van der Waals surface area contributed by atoms with Crippen LogP contribution >= 0.6 is 0 Å². The van der Waals surface area contributed by atoms with E-state index in [9.17, 15) is 0 Å². The topological polar surface area (TPSA) is 32.5 Å². The van der Waals surface area contributed by atoms with E-state index in [1.807, 2.05) is 0 Å². The van der Waals surface area contributed by atoms with Gasteiger partial charge < -0.3 is 5.73 Å². The van der Waals surface area contributed by atoms with E-state index in [1.54, 1.807) is 0 Å². The average molecular weight is 237 g/mol. The van der Waals surface area contributed by atoms with Crippen LogP contribution < -0.4 is 5.73 Å². The van der Waals surface area contributed by atoms with Crippen LogP contribution in [0.1, 0.15) is 38.5 Å². The molecule has 2 bridgehead atoms. The third-order valence-corrected chi connectivity index (χ3v) is 5.58. The van der Waals surface area contributed by atoms with Crippen LogP contribution in [-0.4, -0.2) is 54.6 Å². The number of likely N-dealkylation sites (tertiary alicyclic amines) is 1. The molecule has 0 aromatic carbocycles. The van der Waals surface area contributed by atoms with Gasteiger partial charge in [0.1, 0.15) is 0 Å². The second-order valence-corrected chi connectivity index (χ2v) is 6.33. The number of fused-ring (bicyclic) bond motifs is 2. The summed E-state index contributed by atoms with van der Waals surface area (Å²) in [5.41, 5.74) is 6.04. The minimum atomic E-state index is 0.677. The van der Waals surface area contributed by atoms with Crippen LogP contribution in [0, 0.1) is 5.92 Å². The first-order valence-electron chi connectivity index (χ1n) is 7.45. The highest BCUT2D eigenvalue weighted by atomic mass is 15.3. The van der Waals surface area contributed by atoms with Crippen LogP contribution in [0.15, 0.2) is 0 Å². The highest BCUT2D eigenvalue weighted by molar-refractivity contribution is 4.95. The summed E-state index contributed by atoms with van der Waals surface area (Å²) in [6.45, 7) is 3.42. The van der Waals surface area contributed by atoms with Crippen molar-refractivity contribution in [3.8, 4) is 0 Å². The number of hydrogen-bond donors (Lipinski definition) is 1. The molecule has 3 nitrogen and oxygen atoms in total. The second kappa shape index (κ2) is 4.87. The van der Waals surface area contributed by atoms with Crippen molar-refractivity contribution in [1.29, 1.82) is 0 Å². The monoisotopic (exact) mass is 237 g/mol. The van der Waals surface area contributed by atoms with Crippen molar-refractivity contribution >= 4 is 0 Å². The van der Waals surface area contributed by atoms with E-state index in [-0.39, 0.29) is 0 Å². The fourth-order valence-electron chi connectivity index (χ4n) is 4.10. The van der Waals surface area contributed by atoms with Crippen LogP contribution in [0.25, 0.3) is 0 Å². The zero-order valence-electron chi connectivity index (χ0n) is 11.1. The summed E-state index contributed by atoms with van der Waals surface area (Å²) < 4.78 is 0. The lowest BCUT2D eigenvalue weighted by atomic mass is 9.78. The Bertz CT molecular complexity index is 264. The first-order valence-corrected chi connectivity index (χ1v) is 7.45. The van der Waals surface area contributed by atoms with Gasteiger partial charge in [-0.15, -0.1) is 0 Å². The van der Waals surface area contributed by atoms with Gasteiger partial charge in [-0.25, -0.2) is 0 Å². The fourth-order valence-corrected chi connectivity index (χ4v) is 4.10. The quantitative estimate of drug-likeness (QED) is 0.802. The average Bonchev–Trinajstić information content (AvgIpc) is 2.48. The number of likely N-dealkylation sites (N-methyl/N-ethyl adjacent to an activating group) is 1. The molecule has 3 rings (SSSR count). The Hall–Kier alpha value is -0.120. The Morgan fingerprint density at radius 3 is 2.53 bits per heavy atom. The number of hydrogen-bond acceptors (Lipinski definition) is 3. The molecule has 2 saturated heterocycles. The lowest BCUT2D eigenvalue weighted by Gasteiger charge is -2.41. The Kier molecular flexibility index (Phi) is 3.42. The summed E-state index contributed by atoms with van der Waals surface area (Å²) in [5.74, 6) is 0.905. The van der Waals surface area contributed by atoms with Gasteiger partial charge in [0.15, 0.2) is 0 Å². The highest BCUT2D eigenvalue weighted by Gasteiger charge is 2.38. The third kappa shape index (κ3) is 2.13. The summed E-state index contributed by atoms with van der Waals surface area (Å²) in [7, 11) is 2.33. The van der Waals surface area contributed by atoms with Gasteiger partial charge in [-0.05, 0) is 45.1 Å². The smallest absolute Gasteiger partial charge is 0.0247 e. The van der Waals surface area contributed by atoms with E-state index in [1.165, 1.54) is 51.6 Å². The number of nitrogens with two attached hydrogens (primary N) is 1. The first kappa shape index (κ1) is 11.9. The minimum absolute atomic E-state index is 0.677. The van der Waals surface area contributed by atoms with E-state index in [0.717, 1.165) is 24.5 Å². The van der Waals surface area contributed by atoms with Crippen LogP contribution in [0.5, 0.6) is 0 Å². The van der Waals surface area contributed by atoms with Crippen molar-refractivity contribution < 1.29 is 0 Å². The lowest BCUT2D eigenvalue weighted by molar-refractivity contribution is 0.0913. The van der Waals surface area contributed by atoms with Crippen molar-refractivity contribution in [1.82, 2.24) is 9.80 Å². The Balaban J connectivity index is 1.66. The molecule has 2 heterocycles. The highest BCUT2D eigenvalue weighted by Crippen LogP contribution is 2.35. The summed E-state index contributed by atoms with van der Waals surface area (Å²) in [6.07, 6.45) is 8.45. The summed E-state index contributed by atoms with van der Waals surface area (Å²) >= 11 is 0. The third-order valence-electron chi connectivity index (χ3n) is 5.58. The normalized spacial score (nSPS) is 37.8. The van der Waals surface area contributed by atoms with Crippen LogP contribution in [0.4, 0.5) is 0 Å². The van der Waals surface area contributed by atoms with E-state index < -0.39 is 0 Å². The van der Waals surface area contributed by atoms with Gasteiger partial charge in [-0.1, -0.05) is 6.42 Å². The Morgan fingerprint density at radius 2 is 1.88 bits per heavy atom. The van der Waals surface area contributed by atoms with E-state index in [4.69, 9.17) is 5.73 Å². The molecule has 3 heteroatoms. The molecule has 0 amide bonds. The van der Waals surface area contributed by atoms with Crippen molar-refractivity contribution in [3.63, 3.8) is 0 Å². The largest absolute Gasteiger partial charge is 0.329 e.